The van der Waals surface area contributed by atoms with Gasteiger partial charge < -0.3 is 5.11 Å². The molecule has 0 atom stereocenters. The standard InChI is InChI=1S/C9H11ClN2O2/c1-5(2)3-6-4-11-12-8(10)7(6)9(13)14/h4-5H,3H2,1-2H3,(H,13,14). The molecule has 0 aliphatic heterocycles. The van der Waals surface area contributed by atoms with Crippen LogP contribution in [-0.2, 0) is 6.42 Å². The minimum Gasteiger partial charge on any atom is -0.478 e. The van der Waals surface area contributed by atoms with Gasteiger partial charge >= 0.3 is 5.97 Å². The average molecular weight is 215 g/mol. The molecular formula is C9H11ClN2O2. The number of carboxylic acids is 1. The van der Waals surface area contributed by atoms with Gasteiger partial charge in [-0.2, -0.15) is 5.10 Å². The third-order valence-corrected chi connectivity index (χ3v) is 1.99. The first-order valence-electron chi connectivity index (χ1n) is 4.25. The highest BCUT2D eigenvalue weighted by Crippen LogP contribution is 2.18. The van der Waals surface area contributed by atoms with Crippen LogP contribution < -0.4 is 0 Å². The first-order valence-corrected chi connectivity index (χ1v) is 4.63. The van der Waals surface area contributed by atoms with E-state index < -0.39 is 5.97 Å². The van der Waals surface area contributed by atoms with Crippen molar-refractivity contribution >= 4 is 17.6 Å². The number of rotatable bonds is 3. The van der Waals surface area contributed by atoms with Crippen LogP contribution in [0.15, 0.2) is 6.20 Å². The van der Waals surface area contributed by atoms with E-state index in [0.717, 1.165) is 0 Å². The maximum Gasteiger partial charge on any atom is 0.339 e. The molecule has 0 amide bonds. The molecule has 0 saturated heterocycles. The summed E-state index contributed by atoms with van der Waals surface area (Å²) in [5.74, 6) is -0.700. The monoisotopic (exact) mass is 214 g/mol. The molecule has 0 aliphatic rings. The van der Waals surface area contributed by atoms with E-state index in [2.05, 4.69) is 10.2 Å². The van der Waals surface area contributed by atoms with Crippen LogP contribution in [0.25, 0.3) is 0 Å². The lowest BCUT2D eigenvalue weighted by atomic mass is 10.0. The van der Waals surface area contributed by atoms with Crippen LogP contribution in [0.2, 0.25) is 5.15 Å². The fraction of sp³-hybridized carbons (Fsp3) is 0.444. The molecule has 0 saturated carbocycles. The van der Waals surface area contributed by atoms with Gasteiger partial charge in [-0.1, -0.05) is 25.4 Å². The Morgan fingerprint density at radius 1 is 1.64 bits per heavy atom. The number of hydrogen-bond donors (Lipinski definition) is 1. The number of aromatic nitrogens is 2. The number of halogens is 1. The Hall–Kier alpha value is -1.16. The molecule has 0 radical (unpaired) electrons. The molecule has 0 bridgehead atoms. The molecule has 0 aromatic carbocycles. The van der Waals surface area contributed by atoms with Crippen molar-refractivity contribution in [3.63, 3.8) is 0 Å². The second-order valence-electron chi connectivity index (χ2n) is 3.44. The average Bonchev–Trinajstić information content (AvgIpc) is 2.01. The Morgan fingerprint density at radius 3 is 2.79 bits per heavy atom. The first kappa shape index (κ1) is 10.9. The van der Waals surface area contributed by atoms with Crippen LogP contribution in [0.1, 0.15) is 29.8 Å². The smallest absolute Gasteiger partial charge is 0.339 e. The first-order chi connectivity index (χ1) is 6.52. The Kier molecular flexibility index (Phi) is 3.41. The lowest BCUT2D eigenvalue weighted by Gasteiger charge is -2.07. The van der Waals surface area contributed by atoms with E-state index in [0.29, 0.717) is 17.9 Å². The third-order valence-electron chi connectivity index (χ3n) is 1.73. The number of hydrogen-bond acceptors (Lipinski definition) is 3. The van der Waals surface area contributed by atoms with E-state index in [4.69, 9.17) is 16.7 Å². The fourth-order valence-corrected chi connectivity index (χ4v) is 1.46. The van der Waals surface area contributed by atoms with Crippen molar-refractivity contribution in [3.05, 3.63) is 22.5 Å². The van der Waals surface area contributed by atoms with Crippen molar-refractivity contribution in [2.75, 3.05) is 0 Å². The van der Waals surface area contributed by atoms with E-state index in [1.54, 1.807) is 0 Å². The summed E-state index contributed by atoms with van der Waals surface area (Å²) in [6, 6.07) is 0. The Morgan fingerprint density at radius 2 is 2.29 bits per heavy atom. The van der Waals surface area contributed by atoms with Gasteiger partial charge in [-0.05, 0) is 17.9 Å². The maximum absolute atomic E-state index is 10.9. The molecule has 76 valence electrons. The van der Waals surface area contributed by atoms with Crippen molar-refractivity contribution in [2.45, 2.75) is 20.3 Å². The number of carboxylic acid groups (broad SMARTS) is 1. The Labute approximate surface area is 86.9 Å². The zero-order chi connectivity index (χ0) is 10.7. The largest absolute Gasteiger partial charge is 0.478 e. The van der Waals surface area contributed by atoms with Crippen LogP contribution in [0.3, 0.4) is 0 Å². The second kappa shape index (κ2) is 4.37. The summed E-state index contributed by atoms with van der Waals surface area (Å²) in [5.41, 5.74) is 0.697. The van der Waals surface area contributed by atoms with E-state index in [-0.39, 0.29) is 10.7 Å². The van der Waals surface area contributed by atoms with Crippen LogP contribution >= 0.6 is 11.6 Å². The minimum absolute atomic E-state index is 0.0457. The fourth-order valence-electron chi connectivity index (χ4n) is 1.22. The predicted octanol–water partition coefficient (Wildman–Crippen LogP) is 2.03. The molecule has 4 nitrogen and oxygen atoms in total. The van der Waals surface area contributed by atoms with Crippen molar-refractivity contribution in [1.82, 2.24) is 10.2 Å². The van der Waals surface area contributed by atoms with Crippen molar-refractivity contribution in [2.24, 2.45) is 5.92 Å². The van der Waals surface area contributed by atoms with Gasteiger partial charge in [0.05, 0.1) is 6.20 Å². The maximum atomic E-state index is 10.9. The molecule has 1 N–H and O–H groups in total. The van der Waals surface area contributed by atoms with E-state index >= 15 is 0 Å². The summed E-state index contributed by atoms with van der Waals surface area (Å²) in [4.78, 5) is 10.9. The molecular weight excluding hydrogens is 204 g/mol. The zero-order valence-electron chi connectivity index (χ0n) is 7.99. The van der Waals surface area contributed by atoms with E-state index in [1.807, 2.05) is 13.8 Å². The summed E-state index contributed by atoms with van der Waals surface area (Å²) < 4.78 is 0. The van der Waals surface area contributed by atoms with Gasteiger partial charge in [0.2, 0.25) is 0 Å². The van der Waals surface area contributed by atoms with Gasteiger partial charge in [0, 0.05) is 0 Å². The molecule has 0 spiro atoms. The Bertz CT molecular complexity index is 353. The van der Waals surface area contributed by atoms with Crippen molar-refractivity contribution in [1.29, 1.82) is 0 Å². The van der Waals surface area contributed by atoms with Gasteiger partial charge in [0.1, 0.15) is 5.56 Å². The summed E-state index contributed by atoms with van der Waals surface area (Å²) in [5, 5.41) is 16.0. The quantitative estimate of drug-likeness (QED) is 0.836. The summed E-state index contributed by atoms with van der Waals surface area (Å²) in [6.45, 7) is 4.00. The van der Waals surface area contributed by atoms with Gasteiger partial charge in [-0.3, -0.25) is 0 Å². The van der Waals surface area contributed by atoms with Gasteiger partial charge in [-0.25, -0.2) is 4.79 Å². The zero-order valence-corrected chi connectivity index (χ0v) is 8.75. The van der Waals surface area contributed by atoms with Crippen molar-refractivity contribution in [3.8, 4) is 0 Å². The lowest BCUT2D eigenvalue weighted by molar-refractivity contribution is 0.0695. The molecule has 1 rings (SSSR count). The lowest BCUT2D eigenvalue weighted by Crippen LogP contribution is -2.08. The highest BCUT2D eigenvalue weighted by Gasteiger charge is 2.16. The minimum atomic E-state index is -1.06. The van der Waals surface area contributed by atoms with Gasteiger partial charge in [-0.15, -0.1) is 5.10 Å². The van der Waals surface area contributed by atoms with Crippen LogP contribution in [-0.4, -0.2) is 21.3 Å². The summed E-state index contributed by atoms with van der Waals surface area (Å²) in [6.07, 6.45) is 2.09. The third kappa shape index (κ3) is 2.42. The van der Waals surface area contributed by atoms with Gasteiger partial charge in [0.25, 0.3) is 0 Å². The number of carbonyl (C=O) groups is 1. The van der Waals surface area contributed by atoms with Crippen LogP contribution in [0.5, 0.6) is 0 Å². The number of nitrogens with zero attached hydrogens (tertiary/aromatic N) is 2. The van der Waals surface area contributed by atoms with Gasteiger partial charge in [0.15, 0.2) is 5.15 Å². The predicted molar refractivity (Wildman–Crippen MR) is 52.5 cm³/mol. The second-order valence-corrected chi connectivity index (χ2v) is 3.80. The highest BCUT2D eigenvalue weighted by atomic mass is 35.5. The molecule has 0 unspecified atom stereocenters. The number of aromatic carboxylic acids is 1. The summed E-state index contributed by atoms with van der Waals surface area (Å²) >= 11 is 5.65. The highest BCUT2D eigenvalue weighted by molar-refractivity contribution is 6.32. The van der Waals surface area contributed by atoms with E-state index in [1.165, 1.54) is 6.20 Å². The molecule has 1 aromatic heterocycles. The Balaban J connectivity index is 3.14. The SMILES string of the molecule is CC(C)Cc1cnnc(Cl)c1C(=O)O. The summed E-state index contributed by atoms with van der Waals surface area (Å²) in [7, 11) is 0. The van der Waals surface area contributed by atoms with Crippen molar-refractivity contribution < 1.29 is 9.90 Å². The molecule has 0 fully saturated rings. The van der Waals surface area contributed by atoms with Crippen LogP contribution in [0.4, 0.5) is 0 Å². The molecule has 5 heteroatoms. The molecule has 14 heavy (non-hydrogen) atoms. The molecule has 1 heterocycles. The normalized spacial score (nSPS) is 10.6. The molecule has 1 aromatic rings. The van der Waals surface area contributed by atoms with Crippen LogP contribution in [0, 0.1) is 5.92 Å². The molecule has 0 aliphatic carbocycles. The topological polar surface area (TPSA) is 63.1 Å². The van der Waals surface area contributed by atoms with E-state index in [9.17, 15) is 4.79 Å².